The zero-order valence-corrected chi connectivity index (χ0v) is 11.4. The molecule has 0 spiro atoms. The first-order valence-corrected chi connectivity index (χ1v) is 6.79. The summed E-state index contributed by atoms with van der Waals surface area (Å²) in [5.41, 5.74) is 3.30. The largest absolute Gasteiger partial charge is 0.385 e. The Balaban J connectivity index is 1.63. The van der Waals surface area contributed by atoms with Crippen molar-refractivity contribution in [2.24, 2.45) is 0 Å². The Bertz CT molecular complexity index is 664. The molecular formula is C14H16N6O. The molecule has 21 heavy (non-hydrogen) atoms. The minimum atomic E-state index is -0.707. The number of rotatable bonds is 6. The number of aromatic amines is 2. The van der Waals surface area contributed by atoms with Crippen molar-refractivity contribution in [1.82, 2.24) is 30.6 Å². The Morgan fingerprint density at radius 3 is 2.95 bits per heavy atom. The molecule has 3 aromatic rings. The fourth-order valence-corrected chi connectivity index (χ4v) is 2.25. The van der Waals surface area contributed by atoms with E-state index in [-0.39, 0.29) is 0 Å². The third kappa shape index (κ3) is 3.32. The van der Waals surface area contributed by atoms with Crippen LogP contribution in [0.3, 0.4) is 0 Å². The molecule has 0 fully saturated rings. The maximum Gasteiger partial charge on any atom is 0.202 e. The van der Waals surface area contributed by atoms with E-state index in [9.17, 15) is 5.11 Å². The average molecular weight is 284 g/mol. The normalized spacial score (nSPS) is 12.4. The highest BCUT2D eigenvalue weighted by atomic mass is 16.3. The third-order valence-corrected chi connectivity index (χ3v) is 3.36. The molecule has 3 N–H and O–H groups in total. The summed E-state index contributed by atoms with van der Waals surface area (Å²) in [6, 6.07) is 7.91. The van der Waals surface area contributed by atoms with Crippen LogP contribution < -0.4 is 0 Å². The summed E-state index contributed by atoms with van der Waals surface area (Å²) in [4.78, 5) is 7.57. The van der Waals surface area contributed by atoms with Crippen LogP contribution in [0.4, 0.5) is 0 Å². The molecule has 3 heterocycles. The maximum atomic E-state index is 9.98. The Hall–Kier alpha value is -2.54. The Morgan fingerprint density at radius 1 is 1.24 bits per heavy atom. The summed E-state index contributed by atoms with van der Waals surface area (Å²) < 4.78 is 0. The van der Waals surface area contributed by atoms with Crippen LogP contribution in [0.15, 0.2) is 36.7 Å². The number of hydrogen-bond donors (Lipinski definition) is 3. The third-order valence-electron chi connectivity index (χ3n) is 3.36. The Labute approximate surface area is 121 Å². The van der Waals surface area contributed by atoms with Crippen molar-refractivity contribution in [1.29, 1.82) is 0 Å². The van der Waals surface area contributed by atoms with Crippen LogP contribution >= 0.6 is 0 Å². The lowest BCUT2D eigenvalue weighted by molar-refractivity contribution is 0.158. The number of hydrogen-bond acceptors (Lipinski definition) is 5. The second kappa shape index (κ2) is 6.27. The van der Waals surface area contributed by atoms with E-state index >= 15 is 0 Å². The van der Waals surface area contributed by atoms with Gasteiger partial charge < -0.3 is 10.1 Å². The van der Waals surface area contributed by atoms with Gasteiger partial charge in [0, 0.05) is 30.2 Å². The van der Waals surface area contributed by atoms with E-state index in [1.807, 2.05) is 30.5 Å². The number of aliphatic hydroxyl groups excluding tert-OH is 1. The van der Waals surface area contributed by atoms with Crippen LogP contribution in [0.2, 0.25) is 0 Å². The number of tetrazole rings is 1. The number of aromatic nitrogens is 6. The predicted molar refractivity (Wildman–Crippen MR) is 75.3 cm³/mol. The number of nitrogens with one attached hydrogen (secondary N) is 2. The second-order valence-corrected chi connectivity index (χ2v) is 4.80. The predicted octanol–water partition coefficient (Wildman–Crippen LogP) is 1.18. The molecule has 7 nitrogen and oxygen atoms in total. The molecule has 0 saturated heterocycles. The fraction of sp³-hybridized carbons (Fsp3) is 0.286. The van der Waals surface area contributed by atoms with Crippen LogP contribution in [-0.2, 0) is 12.8 Å². The number of H-pyrrole nitrogens is 2. The fourth-order valence-electron chi connectivity index (χ4n) is 2.25. The minimum Gasteiger partial charge on any atom is -0.385 e. The monoisotopic (exact) mass is 284 g/mol. The van der Waals surface area contributed by atoms with Crippen LogP contribution in [0.25, 0.3) is 0 Å². The molecule has 0 radical (unpaired) electrons. The highest BCUT2D eigenvalue weighted by Crippen LogP contribution is 2.18. The minimum absolute atomic E-state index is 0.330. The van der Waals surface area contributed by atoms with Gasteiger partial charge in [-0.2, -0.15) is 5.21 Å². The molecule has 0 saturated carbocycles. The molecular weight excluding hydrogens is 268 g/mol. The average Bonchev–Trinajstić information content (AvgIpc) is 3.18. The number of nitrogens with zero attached hydrogens (tertiary/aromatic N) is 4. The summed E-state index contributed by atoms with van der Waals surface area (Å²) in [5.74, 6) is 0.330. The van der Waals surface area contributed by atoms with Crippen LogP contribution in [-0.4, -0.2) is 35.7 Å². The van der Waals surface area contributed by atoms with Gasteiger partial charge in [-0.05, 0) is 36.6 Å². The molecule has 108 valence electrons. The van der Waals surface area contributed by atoms with Crippen molar-refractivity contribution in [3.05, 3.63) is 59.4 Å². The van der Waals surface area contributed by atoms with E-state index in [1.54, 1.807) is 6.20 Å². The van der Waals surface area contributed by atoms with Gasteiger partial charge in [0.05, 0.1) is 0 Å². The van der Waals surface area contributed by atoms with Gasteiger partial charge in [0.1, 0.15) is 6.10 Å². The van der Waals surface area contributed by atoms with Gasteiger partial charge in [-0.15, -0.1) is 10.2 Å². The Morgan fingerprint density at radius 2 is 2.19 bits per heavy atom. The first kappa shape index (κ1) is 13.4. The van der Waals surface area contributed by atoms with E-state index in [2.05, 4.69) is 30.6 Å². The SMILES string of the molecule is OC(CCc1cc[nH]c1Cc1ccccn1)c1nn[nH]n1. The number of pyridine rings is 1. The lowest BCUT2D eigenvalue weighted by atomic mass is 10.0. The molecule has 0 bridgehead atoms. The molecule has 1 unspecified atom stereocenters. The topological polar surface area (TPSA) is 103 Å². The lowest BCUT2D eigenvalue weighted by Crippen LogP contribution is -2.03. The van der Waals surface area contributed by atoms with Gasteiger partial charge in [0.15, 0.2) is 0 Å². The van der Waals surface area contributed by atoms with Gasteiger partial charge in [-0.25, -0.2) is 0 Å². The lowest BCUT2D eigenvalue weighted by Gasteiger charge is -2.07. The molecule has 7 heteroatoms. The molecule has 0 aliphatic heterocycles. The van der Waals surface area contributed by atoms with E-state index in [1.165, 1.54) is 5.56 Å². The molecule has 3 aromatic heterocycles. The van der Waals surface area contributed by atoms with Gasteiger partial charge in [-0.3, -0.25) is 4.98 Å². The second-order valence-electron chi connectivity index (χ2n) is 4.80. The highest BCUT2D eigenvalue weighted by molar-refractivity contribution is 5.25. The van der Waals surface area contributed by atoms with Crippen LogP contribution in [0.1, 0.15) is 35.3 Å². The van der Waals surface area contributed by atoms with Crippen molar-refractivity contribution in [3.8, 4) is 0 Å². The zero-order valence-electron chi connectivity index (χ0n) is 11.4. The zero-order chi connectivity index (χ0) is 14.5. The summed E-state index contributed by atoms with van der Waals surface area (Å²) in [6.07, 6.45) is 5.03. The first-order valence-electron chi connectivity index (χ1n) is 6.79. The van der Waals surface area contributed by atoms with Gasteiger partial charge in [0.2, 0.25) is 5.82 Å². The van der Waals surface area contributed by atoms with Gasteiger partial charge in [-0.1, -0.05) is 11.3 Å². The van der Waals surface area contributed by atoms with Crippen LogP contribution in [0.5, 0.6) is 0 Å². The van der Waals surface area contributed by atoms with E-state index < -0.39 is 6.10 Å². The van der Waals surface area contributed by atoms with Crippen molar-refractivity contribution >= 4 is 0 Å². The van der Waals surface area contributed by atoms with Crippen molar-refractivity contribution in [3.63, 3.8) is 0 Å². The molecule has 0 aliphatic carbocycles. The molecule has 0 aliphatic rings. The number of aliphatic hydroxyl groups is 1. The molecule has 1 atom stereocenters. The molecule has 0 amide bonds. The van der Waals surface area contributed by atoms with E-state index in [0.717, 1.165) is 24.2 Å². The van der Waals surface area contributed by atoms with Crippen molar-refractivity contribution in [2.45, 2.75) is 25.4 Å². The van der Waals surface area contributed by atoms with E-state index in [0.29, 0.717) is 12.2 Å². The Kier molecular flexibility index (Phi) is 4.02. The van der Waals surface area contributed by atoms with Gasteiger partial charge >= 0.3 is 0 Å². The first-order chi connectivity index (χ1) is 10.3. The summed E-state index contributed by atoms with van der Waals surface area (Å²) in [7, 11) is 0. The highest BCUT2D eigenvalue weighted by Gasteiger charge is 2.14. The summed E-state index contributed by atoms with van der Waals surface area (Å²) >= 11 is 0. The standard InChI is InChI=1S/C14H16N6O/c21-13(14-17-19-20-18-14)5-4-10-6-8-16-12(10)9-11-3-1-2-7-15-11/h1-3,6-8,13,16,21H,4-5,9H2,(H,17,18,19,20). The molecule has 3 rings (SSSR count). The van der Waals surface area contributed by atoms with Gasteiger partial charge in [0.25, 0.3) is 0 Å². The van der Waals surface area contributed by atoms with Crippen molar-refractivity contribution < 1.29 is 5.11 Å². The van der Waals surface area contributed by atoms with Crippen molar-refractivity contribution in [2.75, 3.05) is 0 Å². The summed E-state index contributed by atoms with van der Waals surface area (Å²) in [6.45, 7) is 0. The summed E-state index contributed by atoms with van der Waals surface area (Å²) in [5, 5.41) is 23.4. The quantitative estimate of drug-likeness (QED) is 0.630. The van der Waals surface area contributed by atoms with Crippen LogP contribution in [0, 0.1) is 0 Å². The number of aryl methyl sites for hydroxylation is 1. The van der Waals surface area contributed by atoms with E-state index in [4.69, 9.17) is 0 Å². The molecule has 0 aromatic carbocycles. The maximum absolute atomic E-state index is 9.98. The smallest absolute Gasteiger partial charge is 0.202 e.